The number of nitrogens with zero attached hydrogens (tertiary/aromatic N) is 2. The SMILES string of the molecule is O=C(NCCN1CCOCC1)c1cc(-c2ccc(F)cc2)no1. The first kappa shape index (κ1) is 15.6. The molecule has 2 aromatic rings. The van der Waals surface area contributed by atoms with Crippen molar-refractivity contribution in [1.29, 1.82) is 0 Å². The van der Waals surface area contributed by atoms with Gasteiger partial charge in [-0.2, -0.15) is 0 Å². The van der Waals surface area contributed by atoms with E-state index in [1.165, 1.54) is 12.1 Å². The monoisotopic (exact) mass is 319 g/mol. The molecule has 0 bridgehead atoms. The molecule has 1 amide bonds. The van der Waals surface area contributed by atoms with Crippen LogP contribution < -0.4 is 5.32 Å². The molecule has 0 atom stereocenters. The van der Waals surface area contributed by atoms with Crippen LogP contribution in [0.2, 0.25) is 0 Å². The van der Waals surface area contributed by atoms with Crippen molar-refractivity contribution in [2.45, 2.75) is 0 Å². The molecule has 1 aliphatic rings. The van der Waals surface area contributed by atoms with Crippen molar-refractivity contribution in [2.24, 2.45) is 0 Å². The summed E-state index contributed by atoms with van der Waals surface area (Å²) in [5.74, 6) is -0.483. The van der Waals surface area contributed by atoms with Crippen molar-refractivity contribution < 1.29 is 18.4 Å². The van der Waals surface area contributed by atoms with Gasteiger partial charge in [-0.05, 0) is 24.3 Å². The Bertz CT molecular complexity index is 651. The van der Waals surface area contributed by atoms with Crippen molar-refractivity contribution in [3.63, 3.8) is 0 Å². The highest BCUT2D eigenvalue weighted by Gasteiger charge is 2.15. The Hall–Kier alpha value is -2.25. The molecule has 1 fully saturated rings. The second-order valence-corrected chi connectivity index (χ2v) is 5.29. The summed E-state index contributed by atoms with van der Waals surface area (Å²) in [7, 11) is 0. The maximum atomic E-state index is 12.9. The Labute approximate surface area is 133 Å². The predicted molar refractivity (Wildman–Crippen MR) is 81.5 cm³/mol. The van der Waals surface area contributed by atoms with E-state index in [0.29, 0.717) is 17.8 Å². The average Bonchev–Trinajstić information content (AvgIpc) is 3.06. The van der Waals surface area contributed by atoms with Crippen LogP contribution in [-0.2, 0) is 4.74 Å². The summed E-state index contributed by atoms with van der Waals surface area (Å²) >= 11 is 0. The minimum absolute atomic E-state index is 0.145. The molecule has 3 rings (SSSR count). The molecule has 0 saturated carbocycles. The summed E-state index contributed by atoms with van der Waals surface area (Å²) < 4.78 is 23.2. The van der Waals surface area contributed by atoms with E-state index in [1.807, 2.05) is 0 Å². The normalized spacial score (nSPS) is 15.5. The van der Waals surface area contributed by atoms with Crippen molar-refractivity contribution in [3.05, 3.63) is 41.9 Å². The van der Waals surface area contributed by atoms with Gasteiger partial charge >= 0.3 is 0 Å². The van der Waals surface area contributed by atoms with Crippen LogP contribution in [0.1, 0.15) is 10.6 Å². The summed E-state index contributed by atoms with van der Waals surface area (Å²) in [5, 5.41) is 6.65. The number of rotatable bonds is 5. The van der Waals surface area contributed by atoms with Gasteiger partial charge in [-0.3, -0.25) is 9.69 Å². The van der Waals surface area contributed by atoms with Crippen LogP contribution >= 0.6 is 0 Å². The minimum atomic E-state index is -0.321. The number of hydrogen-bond donors (Lipinski definition) is 1. The minimum Gasteiger partial charge on any atom is -0.379 e. The molecule has 0 unspecified atom stereocenters. The van der Waals surface area contributed by atoms with Crippen molar-refractivity contribution in [3.8, 4) is 11.3 Å². The van der Waals surface area contributed by atoms with Crippen LogP contribution in [0.15, 0.2) is 34.9 Å². The van der Waals surface area contributed by atoms with E-state index in [4.69, 9.17) is 9.26 Å². The van der Waals surface area contributed by atoms with Gasteiger partial charge in [0.25, 0.3) is 5.91 Å². The van der Waals surface area contributed by atoms with Crippen LogP contribution in [0.5, 0.6) is 0 Å². The first-order chi connectivity index (χ1) is 11.2. The zero-order valence-electron chi connectivity index (χ0n) is 12.6. The Kier molecular flexibility index (Phi) is 4.99. The van der Waals surface area contributed by atoms with Gasteiger partial charge < -0.3 is 14.6 Å². The number of ether oxygens (including phenoxy) is 1. The van der Waals surface area contributed by atoms with E-state index in [-0.39, 0.29) is 17.5 Å². The second kappa shape index (κ2) is 7.34. The molecule has 0 aliphatic carbocycles. The zero-order chi connectivity index (χ0) is 16.1. The van der Waals surface area contributed by atoms with E-state index in [2.05, 4.69) is 15.4 Å². The van der Waals surface area contributed by atoms with Gasteiger partial charge in [0.2, 0.25) is 5.76 Å². The number of morpholine rings is 1. The van der Waals surface area contributed by atoms with Gasteiger partial charge in [-0.25, -0.2) is 4.39 Å². The summed E-state index contributed by atoms with van der Waals surface area (Å²) in [6, 6.07) is 7.41. The third kappa shape index (κ3) is 4.14. The van der Waals surface area contributed by atoms with Gasteiger partial charge in [-0.15, -0.1) is 0 Å². The topological polar surface area (TPSA) is 67.6 Å². The molecular weight excluding hydrogens is 301 g/mol. The lowest BCUT2D eigenvalue weighted by atomic mass is 10.1. The maximum absolute atomic E-state index is 12.9. The number of hydrogen-bond acceptors (Lipinski definition) is 5. The lowest BCUT2D eigenvalue weighted by Gasteiger charge is -2.26. The number of carbonyl (C=O) groups is 1. The summed E-state index contributed by atoms with van der Waals surface area (Å²) in [6.45, 7) is 4.54. The third-order valence-electron chi connectivity index (χ3n) is 3.69. The number of carbonyl (C=O) groups excluding carboxylic acids is 1. The molecule has 1 aromatic heterocycles. The first-order valence-electron chi connectivity index (χ1n) is 7.53. The fourth-order valence-corrected chi connectivity index (χ4v) is 2.38. The van der Waals surface area contributed by atoms with Gasteiger partial charge in [-0.1, -0.05) is 5.16 Å². The highest BCUT2D eigenvalue weighted by molar-refractivity contribution is 5.92. The van der Waals surface area contributed by atoms with Gasteiger partial charge in [0.15, 0.2) is 0 Å². The van der Waals surface area contributed by atoms with Crippen molar-refractivity contribution in [1.82, 2.24) is 15.4 Å². The molecule has 1 aliphatic heterocycles. The molecule has 7 heteroatoms. The molecule has 122 valence electrons. The van der Waals surface area contributed by atoms with E-state index >= 15 is 0 Å². The Balaban J connectivity index is 1.52. The van der Waals surface area contributed by atoms with Crippen LogP contribution in [0, 0.1) is 5.82 Å². The van der Waals surface area contributed by atoms with Crippen LogP contribution in [0.3, 0.4) is 0 Å². The standard InChI is InChI=1S/C16H18FN3O3/c17-13-3-1-12(2-4-13)14-11-15(23-19-14)16(21)18-5-6-20-7-9-22-10-8-20/h1-4,11H,5-10H2,(H,18,21). The van der Waals surface area contributed by atoms with Crippen molar-refractivity contribution >= 4 is 5.91 Å². The van der Waals surface area contributed by atoms with E-state index in [9.17, 15) is 9.18 Å². The fourth-order valence-electron chi connectivity index (χ4n) is 2.38. The Morgan fingerprint density at radius 2 is 2.00 bits per heavy atom. The highest BCUT2D eigenvalue weighted by atomic mass is 19.1. The highest BCUT2D eigenvalue weighted by Crippen LogP contribution is 2.19. The average molecular weight is 319 g/mol. The predicted octanol–water partition coefficient (Wildman–Crippen LogP) is 1.54. The second-order valence-electron chi connectivity index (χ2n) is 5.29. The summed E-state index contributed by atoms with van der Waals surface area (Å²) in [5.41, 5.74) is 1.20. The zero-order valence-corrected chi connectivity index (χ0v) is 12.6. The quantitative estimate of drug-likeness (QED) is 0.905. The van der Waals surface area contributed by atoms with E-state index in [0.717, 1.165) is 32.8 Å². The maximum Gasteiger partial charge on any atom is 0.289 e. The Morgan fingerprint density at radius 1 is 1.26 bits per heavy atom. The third-order valence-corrected chi connectivity index (χ3v) is 3.69. The number of benzene rings is 1. The molecule has 1 aromatic carbocycles. The molecule has 6 nitrogen and oxygen atoms in total. The molecule has 1 saturated heterocycles. The summed E-state index contributed by atoms with van der Waals surface area (Å²) in [4.78, 5) is 14.3. The van der Waals surface area contributed by atoms with E-state index in [1.54, 1.807) is 18.2 Å². The molecular formula is C16H18FN3O3. The number of halogens is 1. The molecule has 1 N–H and O–H groups in total. The van der Waals surface area contributed by atoms with Gasteiger partial charge in [0, 0.05) is 37.8 Å². The molecule has 0 radical (unpaired) electrons. The molecule has 0 spiro atoms. The lowest BCUT2D eigenvalue weighted by Crippen LogP contribution is -2.41. The largest absolute Gasteiger partial charge is 0.379 e. The van der Waals surface area contributed by atoms with Gasteiger partial charge in [0.05, 0.1) is 13.2 Å². The van der Waals surface area contributed by atoms with E-state index < -0.39 is 0 Å². The van der Waals surface area contributed by atoms with Crippen LogP contribution in [-0.4, -0.2) is 55.4 Å². The van der Waals surface area contributed by atoms with Gasteiger partial charge in [0.1, 0.15) is 11.5 Å². The van der Waals surface area contributed by atoms with Crippen molar-refractivity contribution in [2.75, 3.05) is 39.4 Å². The Morgan fingerprint density at radius 3 is 2.74 bits per heavy atom. The molecule has 23 heavy (non-hydrogen) atoms. The number of nitrogens with one attached hydrogen (secondary N) is 1. The number of amides is 1. The lowest BCUT2D eigenvalue weighted by molar-refractivity contribution is 0.0382. The summed E-state index contributed by atoms with van der Waals surface area (Å²) in [6.07, 6.45) is 0. The van der Waals surface area contributed by atoms with Crippen LogP contribution in [0.4, 0.5) is 4.39 Å². The van der Waals surface area contributed by atoms with Crippen LogP contribution in [0.25, 0.3) is 11.3 Å². The first-order valence-corrected chi connectivity index (χ1v) is 7.53. The fraction of sp³-hybridized carbons (Fsp3) is 0.375. The molecule has 2 heterocycles. The number of aromatic nitrogens is 1. The smallest absolute Gasteiger partial charge is 0.289 e.